The zero-order chi connectivity index (χ0) is 16.2. The van der Waals surface area contributed by atoms with Crippen molar-refractivity contribution in [2.45, 2.75) is 39.0 Å². The summed E-state index contributed by atoms with van der Waals surface area (Å²) in [5.74, 6) is 1.05. The highest BCUT2D eigenvalue weighted by molar-refractivity contribution is 5.93. The molecule has 1 N–H and O–H groups in total. The van der Waals surface area contributed by atoms with Gasteiger partial charge in [-0.15, -0.1) is 10.2 Å². The van der Waals surface area contributed by atoms with Gasteiger partial charge >= 0.3 is 6.61 Å². The first-order valence-corrected chi connectivity index (χ1v) is 7.23. The number of nitrogens with one attached hydrogen (secondary N) is 1. The van der Waals surface area contributed by atoms with E-state index < -0.39 is 6.61 Å². The Morgan fingerprint density at radius 2 is 2.22 bits per heavy atom. The number of fused-ring (bicyclic) bond motifs is 1. The van der Waals surface area contributed by atoms with Crippen LogP contribution in [-0.2, 0) is 19.5 Å². The maximum Gasteiger partial charge on any atom is 0.388 e. The Hall–Kier alpha value is -2.58. The highest BCUT2D eigenvalue weighted by Gasteiger charge is 2.16. The van der Waals surface area contributed by atoms with Gasteiger partial charge in [-0.1, -0.05) is 0 Å². The number of amides is 1. The molecule has 0 unspecified atom stereocenters. The molecule has 3 heterocycles. The van der Waals surface area contributed by atoms with E-state index in [4.69, 9.17) is 0 Å². The molecule has 122 valence electrons. The predicted octanol–water partition coefficient (Wildman–Crippen LogP) is 1.54. The predicted molar refractivity (Wildman–Crippen MR) is 75.0 cm³/mol. The van der Waals surface area contributed by atoms with E-state index in [1.807, 2.05) is 4.57 Å². The Morgan fingerprint density at radius 3 is 2.96 bits per heavy atom. The fourth-order valence-electron chi connectivity index (χ4n) is 2.44. The van der Waals surface area contributed by atoms with Crippen molar-refractivity contribution in [3.63, 3.8) is 0 Å². The van der Waals surface area contributed by atoms with Crippen LogP contribution in [0.15, 0.2) is 18.3 Å². The molecule has 1 aliphatic rings. The van der Waals surface area contributed by atoms with E-state index in [2.05, 4.69) is 25.2 Å². The first-order chi connectivity index (χ1) is 11.1. The monoisotopic (exact) mass is 323 g/mol. The first kappa shape index (κ1) is 15.3. The van der Waals surface area contributed by atoms with Crippen LogP contribution in [0.4, 0.5) is 8.78 Å². The molecule has 3 rings (SSSR count). The third-order valence-electron chi connectivity index (χ3n) is 3.55. The SMILES string of the molecule is O=C(NCc1nnc2n1CCCC2)c1ccc(OC(F)F)nc1. The van der Waals surface area contributed by atoms with Crippen LogP contribution in [0.3, 0.4) is 0 Å². The molecule has 7 nitrogen and oxygen atoms in total. The number of carbonyl (C=O) groups excluding carboxylic acids is 1. The average Bonchev–Trinajstić information content (AvgIpc) is 2.96. The van der Waals surface area contributed by atoms with E-state index in [0.717, 1.165) is 31.6 Å². The van der Waals surface area contributed by atoms with Crippen LogP contribution in [0.1, 0.15) is 34.8 Å². The number of alkyl halides is 2. The van der Waals surface area contributed by atoms with Gasteiger partial charge in [-0.2, -0.15) is 8.78 Å². The van der Waals surface area contributed by atoms with Gasteiger partial charge in [0.05, 0.1) is 12.1 Å². The minimum atomic E-state index is -2.94. The summed E-state index contributed by atoms with van der Waals surface area (Å²) < 4.78 is 30.2. The number of halogens is 2. The lowest BCUT2D eigenvalue weighted by atomic mass is 10.2. The molecular formula is C14H15F2N5O2. The van der Waals surface area contributed by atoms with Gasteiger partial charge in [0.2, 0.25) is 5.88 Å². The van der Waals surface area contributed by atoms with E-state index in [1.165, 1.54) is 18.3 Å². The molecule has 2 aromatic heterocycles. The molecule has 0 saturated carbocycles. The summed E-state index contributed by atoms with van der Waals surface area (Å²) in [6.07, 6.45) is 4.26. The van der Waals surface area contributed by atoms with Gasteiger partial charge in [0.15, 0.2) is 5.82 Å². The number of carbonyl (C=O) groups is 1. The molecule has 1 amide bonds. The van der Waals surface area contributed by atoms with Crippen molar-refractivity contribution in [3.8, 4) is 5.88 Å². The molecule has 0 saturated heterocycles. The zero-order valence-corrected chi connectivity index (χ0v) is 12.2. The molecule has 0 fully saturated rings. The molecule has 0 aliphatic carbocycles. The second-order valence-electron chi connectivity index (χ2n) is 5.09. The van der Waals surface area contributed by atoms with Gasteiger partial charge in [0, 0.05) is 25.2 Å². The molecule has 2 aromatic rings. The van der Waals surface area contributed by atoms with Crippen LogP contribution in [-0.4, -0.2) is 32.3 Å². The van der Waals surface area contributed by atoms with Gasteiger partial charge in [0.25, 0.3) is 5.91 Å². The topological polar surface area (TPSA) is 81.9 Å². The number of hydrogen-bond acceptors (Lipinski definition) is 5. The van der Waals surface area contributed by atoms with Crippen molar-refractivity contribution in [2.75, 3.05) is 0 Å². The molecule has 0 atom stereocenters. The van der Waals surface area contributed by atoms with Crippen molar-refractivity contribution >= 4 is 5.91 Å². The summed E-state index contributed by atoms with van der Waals surface area (Å²) in [5, 5.41) is 10.9. The lowest BCUT2D eigenvalue weighted by molar-refractivity contribution is -0.0528. The van der Waals surface area contributed by atoms with Crippen LogP contribution < -0.4 is 10.1 Å². The second kappa shape index (κ2) is 6.67. The summed E-state index contributed by atoms with van der Waals surface area (Å²) in [6, 6.07) is 2.60. The molecule has 1 aliphatic heterocycles. The zero-order valence-electron chi connectivity index (χ0n) is 12.2. The Bertz CT molecular complexity index is 687. The Labute approximate surface area is 130 Å². The highest BCUT2D eigenvalue weighted by Crippen LogP contribution is 2.14. The van der Waals surface area contributed by atoms with E-state index in [-0.39, 0.29) is 23.9 Å². The van der Waals surface area contributed by atoms with E-state index in [1.54, 1.807) is 0 Å². The third-order valence-corrected chi connectivity index (χ3v) is 3.55. The third kappa shape index (κ3) is 3.61. The number of pyridine rings is 1. The van der Waals surface area contributed by atoms with Gasteiger partial charge in [-0.25, -0.2) is 4.98 Å². The average molecular weight is 323 g/mol. The maximum absolute atomic E-state index is 12.0. The summed E-state index contributed by atoms with van der Waals surface area (Å²) in [4.78, 5) is 15.7. The smallest absolute Gasteiger partial charge is 0.388 e. The summed E-state index contributed by atoms with van der Waals surface area (Å²) >= 11 is 0. The largest absolute Gasteiger partial charge is 0.417 e. The van der Waals surface area contributed by atoms with E-state index in [0.29, 0.717) is 5.82 Å². The van der Waals surface area contributed by atoms with Crippen LogP contribution in [0.2, 0.25) is 0 Å². The van der Waals surface area contributed by atoms with Crippen molar-refractivity contribution < 1.29 is 18.3 Å². The van der Waals surface area contributed by atoms with Gasteiger partial charge in [0.1, 0.15) is 5.82 Å². The van der Waals surface area contributed by atoms with Crippen molar-refractivity contribution in [2.24, 2.45) is 0 Å². The molecule has 23 heavy (non-hydrogen) atoms. The quantitative estimate of drug-likeness (QED) is 0.902. The number of ether oxygens (including phenoxy) is 1. The number of hydrogen-bond donors (Lipinski definition) is 1. The minimum Gasteiger partial charge on any atom is -0.417 e. The van der Waals surface area contributed by atoms with Crippen LogP contribution in [0.25, 0.3) is 0 Å². The summed E-state index contributed by atoms with van der Waals surface area (Å²) in [7, 11) is 0. The lowest BCUT2D eigenvalue weighted by Crippen LogP contribution is -2.25. The molecule has 9 heteroatoms. The number of aromatic nitrogens is 4. The van der Waals surface area contributed by atoms with Crippen LogP contribution in [0.5, 0.6) is 5.88 Å². The normalized spacial score (nSPS) is 13.7. The fraction of sp³-hybridized carbons (Fsp3) is 0.429. The van der Waals surface area contributed by atoms with Gasteiger partial charge in [-0.05, 0) is 18.9 Å². The Balaban J connectivity index is 1.60. The van der Waals surface area contributed by atoms with E-state index >= 15 is 0 Å². The van der Waals surface area contributed by atoms with Crippen LogP contribution in [0, 0.1) is 0 Å². The number of rotatable bonds is 5. The lowest BCUT2D eigenvalue weighted by Gasteiger charge is -2.14. The minimum absolute atomic E-state index is 0.233. The maximum atomic E-state index is 12.0. The summed E-state index contributed by atoms with van der Waals surface area (Å²) in [5.41, 5.74) is 0.255. The molecule has 0 spiro atoms. The molecule has 0 radical (unpaired) electrons. The van der Waals surface area contributed by atoms with Crippen LogP contribution >= 0.6 is 0 Å². The standard InChI is InChI=1S/C14H15F2N5O2/c15-14(16)23-12-5-4-9(7-17-12)13(22)18-8-11-20-19-10-3-1-2-6-21(10)11/h4-5,7,14H,1-3,6,8H2,(H,18,22). The van der Waals surface area contributed by atoms with Gasteiger partial charge in [-0.3, -0.25) is 4.79 Å². The number of aryl methyl sites for hydroxylation is 1. The Kier molecular flexibility index (Phi) is 4.45. The highest BCUT2D eigenvalue weighted by atomic mass is 19.3. The second-order valence-corrected chi connectivity index (χ2v) is 5.09. The van der Waals surface area contributed by atoms with Crippen molar-refractivity contribution in [3.05, 3.63) is 35.5 Å². The van der Waals surface area contributed by atoms with Crippen molar-refractivity contribution in [1.29, 1.82) is 0 Å². The van der Waals surface area contributed by atoms with Crippen molar-refractivity contribution in [1.82, 2.24) is 25.1 Å². The molecule has 0 aromatic carbocycles. The summed E-state index contributed by atoms with van der Waals surface area (Å²) in [6.45, 7) is -1.84. The molecule has 0 bridgehead atoms. The van der Waals surface area contributed by atoms with Gasteiger partial charge < -0.3 is 14.6 Å². The fourth-order valence-corrected chi connectivity index (χ4v) is 2.44. The van der Waals surface area contributed by atoms with E-state index in [9.17, 15) is 13.6 Å². The Morgan fingerprint density at radius 1 is 1.35 bits per heavy atom. The molecular weight excluding hydrogens is 308 g/mol. The first-order valence-electron chi connectivity index (χ1n) is 7.23. The number of nitrogens with zero attached hydrogens (tertiary/aromatic N) is 4.